The molecule has 0 atom stereocenters. The van der Waals surface area contributed by atoms with Crippen molar-refractivity contribution in [1.82, 2.24) is 5.43 Å². The average molecular weight is 210 g/mol. The maximum absolute atomic E-state index is 11.3. The van der Waals surface area contributed by atoms with E-state index in [1.54, 1.807) is 12.3 Å². The van der Waals surface area contributed by atoms with E-state index in [1.807, 2.05) is 11.4 Å². The highest BCUT2D eigenvalue weighted by molar-refractivity contribution is 7.12. The Kier molecular flexibility index (Phi) is 4.32. The summed E-state index contributed by atoms with van der Waals surface area (Å²) in [4.78, 5) is 12.0. The van der Waals surface area contributed by atoms with Crippen LogP contribution in [0.15, 0.2) is 22.6 Å². The number of nitrogens with zero attached hydrogens (tertiary/aromatic N) is 1. The number of carbonyl (C=O) groups is 1. The smallest absolute Gasteiger partial charge is 0.266 e. The van der Waals surface area contributed by atoms with Gasteiger partial charge in [-0.2, -0.15) is 5.10 Å². The lowest BCUT2D eigenvalue weighted by Crippen LogP contribution is -2.16. The van der Waals surface area contributed by atoms with E-state index < -0.39 is 0 Å². The topological polar surface area (TPSA) is 41.5 Å². The molecule has 14 heavy (non-hydrogen) atoms. The van der Waals surface area contributed by atoms with E-state index in [2.05, 4.69) is 24.4 Å². The van der Waals surface area contributed by atoms with Gasteiger partial charge in [0.25, 0.3) is 5.91 Å². The number of amides is 1. The zero-order chi connectivity index (χ0) is 10.4. The fraction of sp³-hybridized carbons (Fsp3) is 0.400. The Balaban J connectivity index is 2.32. The molecule has 1 aromatic heterocycles. The van der Waals surface area contributed by atoms with Gasteiger partial charge in [-0.15, -0.1) is 11.3 Å². The van der Waals surface area contributed by atoms with Crippen LogP contribution in [0.1, 0.15) is 29.9 Å². The minimum atomic E-state index is -0.139. The Morgan fingerprint density at radius 3 is 3.07 bits per heavy atom. The molecule has 0 fully saturated rings. The fourth-order valence-corrected chi connectivity index (χ4v) is 1.44. The molecule has 0 saturated heterocycles. The lowest BCUT2D eigenvalue weighted by Gasteiger charge is -1.97. The van der Waals surface area contributed by atoms with Gasteiger partial charge in [0.2, 0.25) is 0 Å². The van der Waals surface area contributed by atoms with Crippen LogP contribution in [-0.2, 0) is 0 Å². The first-order chi connectivity index (χ1) is 6.70. The van der Waals surface area contributed by atoms with Crippen LogP contribution in [0.2, 0.25) is 0 Å². The number of rotatable bonds is 4. The molecule has 0 aromatic carbocycles. The predicted molar refractivity (Wildman–Crippen MR) is 59.7 cm³/mol. The van der Waals surface area contributed by atoms with E-state index in [0.717, 1.165) is 6.42 Å². The summed E-state index contributed by atoms with van der Waals surface area (Å²) < 4.78 is 0. The Bertz CT molecular complexity index is 304. The average Bonchev–Trinajstić information content (AvgIpc) is 2.64. The first kappa shape index (κ1) is 10.9. The predicted octanol–water partition coefficient (Wildman–Crippen LogP) is 2.51. The molecule has 0 radical (unpaired) electrons. The number of carbonyl (C=O) groups excluding carboxylic acids is 1. The van der Waals surface area contributed by atoms with Crippen LogP contribution in [0.3, 0.4) is 0 Å². The molecule has 0 unspecified atom stereocenters. The molecule has 1 heterocycles. The van der Waals surface area contributed by atoms with E-state index in [1.165, 1.54) is 11.3 Å². The highest BCUT2D eigenvalue weighted by Crippen LogP contribution is 2.07. The molecule has 0 aliphatic heterocycles. The quantitative estimate of drug-likeness (QED) is 0.602. The van der Waals surface area contributed by atoms with Gasteiger partial charge in [-0.05, 0) is 23.8 Å². The van der Waals surface area contributed by atoms with Gasteiger partial charge < -0.3 is 0 Å². The summed E-state index contributed by atoms with van der Waals surface area (Å²) in [5.41, 5.74) is 2.48. The lowest BCUT2D eigenvalue weighted by molar-refractivity contribution is 0.0959. The molecule has 1 aromatic rings. The van der Waals surface area contributed by atoms with Crippen LogP contribution >= 0.6 is 11.3 Å². The van der Waals surface area contributed by atoms with E-state index in [9.17, 15) is 4.79 Å². The number of thiophene rings is 1. The van der Waals surface area contributed by atoms with Crippen molar-refractivity contribution in [2.24, 2.45) is 11.0 Å². The highest BCUT2D eigenvalue weighted by Gasteiger charge is 2.03. The van der Waals surface area contributed by atoms with Gasteiger partial charge >= 0.3 is 0 Å². The SMILES string of the molecule is CC(C)CC=NNC(=O)c1cccs1. The summed E-state index contributed by atoms with van der Waals surface area (Å²) in [5, 5.41) is 5.72. The molecule has 1 N–H and O–H groups in total. The summed E-state index contributed by atoms with van der Waals surface area (Å²) in [7, 11) is 0. The first-order valence-electron chi connectivity index (χ1n) is 4.55. The van der Waals surface area contributed by atoms with Crippen LogP contribution < -0.4 is 5.43 Å². The molecule has 0 saturated carbocycles. The molecule has 0 bridgehead atoms. The summed E-state index contributed by atoms with van der Waals surface area (Å²) in [6.07, 6.45) is 2.61. The summed E-state index contributed by atoms with van der Waals surface area (Å²) in [6.45, 7) is 4.21. The molecule has 3 nitrogen and oxygen atoms in total. The minimum Gasteiger partial charge on any atom is -0.266 e. The van der Waals surface area contributed by atoms with Crippen molar-refractivity contribution in [3.63, 3.8) is 0 Å². The Morgan fingerprint density at radius 2 is 2.50 bits per heavy atom. The minimum absolute atomic E-state index is 0.139. The Morgan fingerprint density at radius 1 is 1.71 bits per heavy atom. The van der Waals surface area contributed by atoms with E-state index in [4.69, 9.17) is 0 Å². The van der Waals surface area contributed by atoms with E-state index in [0.29, 0.717) is 10.8 Å². The van der Waals surface area contributed by atoms with Gasteiger partial charge in [-0.1, -0.05) is 19.9 Å². The number of hydrogen-bond donors (Lipinski definition) is 1. The summed E-state index contributed by atoms with van der Waals surface area (Å²) in [6, 6.07) is 3.62. The lowest BCUT2D eigenvalue weighted by atomic mass is 10.2. The van der Waals surface area contributed by atoms with E-state index in [-0.39, 0.29) is 5.91 Å². The molecule has 0 spiro atoms. The van der Waals surface area contributed by atoms with Crippen LogP contribution in [-0.4, -0.2) is 12.1 Å². The third-order valence-corrected chi connectivity index (χ3v) is 2.45. The van der Waals surface area contributed by atoms with Crippen LogP contribution in [0, 0.1) is 5.92 Å². The van der Waals surface area contributed by atoms with Gasteiger partial charge in [0.05, 0.1) is 4.88 Å². The van der Waals surface area contributed by atoms with Crippen LogP contribution in [0.4, 0.5) is 0 Å². The zero-order valence-corrected chi connectivity index (χ0v) is 9.17. The van der Waals surface area contributed by atoms with Gasteiger partial charge in [0.1, 0.15) is 0 Å². The standard InChI is InChI=1S/C10H14N2OS/c1-8(2)5-6-11-12-10(13)9-4-3-7-14-9/h3-4,6-8H,5H2,1-2H3,(H,12,13). The second kappa shape index (κ2) is 5.54. The van der Waals surface area contributed by atoms with Gasteiger partial charge in [0, 0.05) is 6.21 Å². The number of hydrogen-bond acceptors (Lipinski definition) is 3. The second-order valence-electron chi connectivity index (χ2n) is 3.36. The first-order valence-corrected chi connectivity index (χ1v) is 5.43. The molecule has 76 valence electrons. The molecular weight excluding hydrogens is 196 g/mol. The van der Waals surface area contributed by atoms with Gasteiger partial charge in [-0.3, -0.25) is 4.79 Å². The van der Waals surface area contributed by atoms with Gasteiger partial charge in [-0.25, -0.2) is 5.43 Å². The molecule has 1 amide bonds. The van der Waals surface area contributed by atoms with E-state index >= 15 is 0 Å². The monoisotopic (exact) mass is 210 g/mol. The summed E-state index contributed by atoms with van der Waals surface area (Å²) in [5.74, 6) is 0.428. The van der Waals surface area contributed by atoms with Crippen LogP contribution in [0.25, 0.3) is 0 Å². The van der Waals surface area contributed by atoms with Crippen molar-refractivity contribution in [2.75, 3.05) is 0 Å². The second-order valence-corrected chi connectivity index (χ2v) is 4.31. The third kappa shape index (κ3) is 3.70. The Labute approximate surface area is 87.8 Å². The molecule has 1 rings (SSSR count). The number of hydrazone groups is 1. The maximum Gasteiger partial charge on any atom is 0.281 e. The van der Waals surface area contributed by atoms with Gasteiger partial charge in [0.15, 0.2) is 0 Å². The zero-order valence-electron chi connectivity index (χ0n) is 8.36. The Hall–Kier alpha value is -1.16. The molecule has 4 heteroatoms. The van der Waals surface area contributed by atoms with Crippen molar-refractivity contribution in [1.29, 1.82) is 0 Å². The summed E-state index contributed by atoms with van der Waals surface area (Å²) >= 11 is 1.41. The molecule has 0 aliphatic carbocycles. The highest BCUT2D eigenvalue weighted by atomic mass is 32.1. The number of nitrogens with one attached hydrogen (secondary N) is 1. The fourth-order valence-electron chi connectivity index (χ4n) is 0.831. The molecule has 0 aliphatic rings. The van der Waals surface area contributed by atoms with Crippen molar-refractivity contribution in [3.05, 3.63) is 22.4 Å². The maximum atomic E-state index is 11.3. The normalized spacial score (nSPS) is 11.1. The third-order valence-electron chi connectivity index (χ3n) is 1.58. The van der Waals surface area contributed by atoms with Crippen molar-refractivity contribution >= 4 is 23.5 Å². The van der Waals surface area contributed by atoms with Crippen molar-refractivity contribution in [2.45, 2.75) is 20.3 Å². The largest absolute Gasteiger partial charge is 0.281 e. The van der Waals surface area contributed by atoms with Crippen molar-refractivity contribution in [3.8, 4) is 0 Å². The van der Waals surface area contributed by atoms with Crippen LogP contribution in [0.5, 0.6) is 0 Å². The van der Waals surface area contributed by atoms with Crippen molar-refractivity contribution < 1.29 is 4.79 Å². The molecular formula is C10H14N2OS.